The number of sulfonamides is 1. The van der Waals surface area contributed by atoms with Gasteiger partial charge in [-0.25, -0.2) is 27.5 Å². The lowest BCUT2D eigenvalue weighted by Gasteiger charge is -2.12. The predicted octanol–water partition coefficient (Wildman–Crippen LogP) is 0.540. The second-order valence-electron chi connectivity index (χ2n) is 5.02. The summed E-state index contributed by atoms with van der Waals surface area (Å²) >= 11 is 0. The summed E-state index contributed by atoms with van der Waals surface area (Å²) in [6, 6.07) is 5.03. The van der Waals surface area contributed by atoms with Crippen molar-refractivity contribution < 1.29 is 27.8 Å². The standard InChI is InChI=1S/C14H14N4O6S/c1-8-7-9(2)18(22)13(15-8)16-14(21)17-25(23,24)11-6-4-3-5-10(11)12(19)20/h3-7H,1-2H3,(H,19,20)(H2,15,16,17,21). The lowest BCUT2D eigenvalue weighted by atomic mass is 10.2. The minimum Gasteiger partial charge on any atom is -0.740 e. The maximum absolute atomic E-state index is 12.2. The third-order valence-corrected chi connectivity index (χ3v) is 4.46. The maximum atomic E-state index is 12.2. The van der Waals surface area contributed by atoms with E-state index in [0.717, 1.165) is 12.1 Å². The number of carboxylic acids is 1. The fraction of sp³-hybridized carbons (Fsp3) is 0.143. The number of aryl methyl sites for hydroxylation is 2. The maximum Gasteiger partial charge on any atom is 0.401 e. The molecule has 3 N–H and O–H groups in total. The zero-order valence-electron chi connectivity index (χ0n) is 13.2. The molecule has 2 aromatic rings. The summed E-state index contributed by atoms with van der Waals surface area (Å²) in [6.07, 6.45) is 0. The van der Waals surface area contributed by atoms with Crippen LogP contribution in [0, 0.1) is 19.1 Å². The van der Waals surface area contributed by atoms with E-state index in [1.165, 1.54) is 25.1 Å². The summed E-state index contributed by atoms with van der Waals surface area (Å²) in [5.74, 6) is -1.87. The normalized spacial score (nSPS) is 11.0. The van der Waals surface area contributed by atoms with E-state index in [2.05, 4.69) is 4.98 Å². The number of amides is 2. The number of benzene rings is 1. The molecule has 0 bridgehead atoms. The van der Waals surface area contributed by atoms with Crippen LogP contribution < -0.4 is 14.8 Å². The van der Waals surface area contributed by atoms with E-state index in [0.29, 0.717) is 10.4 Å². The van der Waals surface area contributed by atoms with Crippen LogP contribution in [0.2, 0.25) is 0 Å². The number of aromatic carboxylic acids is 1. The Morgan fingerprint density at radius 1 is 1.24 bits per heavy atom. The molecule has 25 heavy (non-hydrogen) atoms. The van der Waals surface area contributed by atoms with Crippen LogP contribution in [0.25, 0.3) is 0 Å². The van der Waals surface area contributed by atoms with Crippen molar-refractivity contribution in [3.8, 4) is 0 Å². The Kier molecular flexibility index (Phi) is 4.88. The van der Waals surface area contributed by atoms with Crippen LogP contribution in [0.3, 0.4) is 0 Å². The summed E-state index contributed by atoms with van der Waals surface area (Å²) in [4.78, 5) is 26.3. The SMILES string of the molecule is Cc1cc(C)[n+]([O-])c(NC(=O)NS(=O)(=O)c2ccccc2C(=O)O)n1. The van der Waals surface area contributed by atoms with E-state index < -0.39 is 38.4 Å². The molecule has 2 amide bonds. The molecule has 11 heteroatoms. The van der Waals surface area contributed by atoms with Crippen LogP contribution in [0.15, 0.2) is 35.2 Å². The Labute approximate surface area is 142 Å². The van der Waals surface area contributed by atoms with Crippen LogP contribution in [0.5, 0.6) is 0 Å². The fourth-order valence-corrected chi connectivity index (χ4v) is 3.14. The van der Waals surface area contributed by atoms with Gasteiger partial charge in [0.15, 0.2) is 0 Å². The van der Waals surface area contributed by atoms with Crippen molar-refractivity contribution in [2.45, 2.75) is 18.7 Å². The van der Waals surface area contributed by atoms with Crippen LogP contribution in [0.4, 0.5) is 10.7 Å². The van der Waals surface area contributed by atoms with Crippen molar-refractivity contribution in [3.05, 3.63) is 52.5 Å². The summed E-state index contributed by atoms with van der Waals surface area (Å²) < 4.78 is 26.4. The minimum atomic E-state index is -4.47. The first-order chi connectivity index (χ1) is 11.6. The summed E-state index contributed by atoms with van der Waals surface area (Å²) in [7, 11) is -4.47. The van der Waals surface area contributed by atoms with Crippen LogP contribution in [0.1, 0.15) is 21.7 Å². The Hall–Kier alpha value is -3.21. The molecule has 0 aliphatic heterocycles. The number of carbonyl (C=O) groups is 2. The Morgan fingerprint density at radius 3 is 2.52 bits per heavy atom. The molecule has 0 spiro atoms. The van der Waals surface area contributed by atoms with E-state index in [4.69, 9.17) is 5.11 Å². The number of carbonyl (C=O) groups excluding carboxylic acids is 1. The molecule has 1 aromatic heterocycles. The van der Waals surface area contributed by atoms with Gasteiger partial charge in [0.05, 0.1) is 11.3 Å². The number of hydrogen-bond acceptors (Lipinski definition) is 6. The van der Waals surface area contributed by atoms with Crippen molar-refractivity contribution in [1.82, 2.24) is 9.71 Å². The van der Waals surface area contributed by atoms with Gasteiger partial charge in [0.25, 0.3) is 10.0 Å². The molecular weight excluding hydrogens is 352 g/mol. The van der Waals surface area contributed by atoms with Crippen molar-refractivity contribution in [2.24, 2.45) is 0 Å². The average molecular weight is 366 g/mol. The van der Waals surface area contributed by atoms with Gasteiger partial charge in [-0.15, -0.1) is 0 Å². The van der Waals surface area contributed by atoms with Crippen molar-refractivity contribution in [1.29, 1.82) is 0 Å². The highest BCUT2D eigenvalue weighted by atomic mass is 32.2. The number of hydrogen-bond donors (Lipinski definition) is 3. The second kappa shape index (κ2) is 6.73. The number of nitrogens with one attached hydrogen (secondary N) is 2. The second-order valence-corrected chi connectivity index (χ2v) is 6.67. The van der Waals surface area contributed by atoms with E-state index in [1.807, 2.05) is 5.32 Å². The molecule has 0 aliphatic rings. The highest BCUT2D eigenvalue weighted by molar-refractivity contribution is 7.90. The molecule has 0 fully saturated rings. The van der Waals surface area contributed by atoms with Gasteiger partial charge in [-0.1, -0.05) is 17.1 Å². The number of urea groups is 1. The van der Waals surface area contributed by atoms with Gasteiger partial charge in [-0.3, -0.25) is 0 Å². The largest absolute Gasteiger partial charge is 0.740 e. The van der Waals surface area contributed by atoms with Crippen LogP contribution in [-0.2, 0) is 10.0 Å². The molecule has 0 radical (unpaired) electrons. The predicted molar refractivity (Wildman–Crippen MR) is 85.4 cm³/mol. The number of rotatable bonds is 4. The molecule has 0 saturated heterocycles. The smallest absolute Gasteiger partial charge is 0.401 e. The van der Waals surface area contributed by atoms with E-state index in [9.17, 15) is 23.2 Å². The molecule has 1 aromatic carbocycles. The zero-order valence-corrected chi connectivity index (χ0v) is 14.0. The lowest BCUT2D eigenvalue weighted by molar-refractivity contribution is -0.599. The van der Waals surface area contributed by atoms with Gasteiger partial charge in [0.1, 0.15) is 10.6 Å². The molecule has 0 unspecified atom stereocenters. The highest BCUT2D eigenvalue weighted by Gasteiger charge is 2.26. The molecule has 1 heterocycles. The van der Waals surface area contributed by atoms with Crippen molar-refractivity contribution in [2.75, 3.05) is 5.32 Å². The first-order valence-corrected chi connectivity index (χ1v) is 8.34. The Morgan fingerprint density at radius 2 is 1.88 bits per heavy atom. The number of anilines is 1. The van der Waals surface area contributed by atoms with Gasteiger partial charge in [-0.2, -0.15) is 5.32 Å². The summed E-state index contributed by atoms with van der Waals surface area (Å²) in [5, 5.41) is 22.9. The summed E-state index contributed by atoms with van der Waals surface area (Å²) in [6.45, 7) is 3.08. The number of aromatic nitrogens is 2. The third-order valence-electron chi connectivity index (χ3n) is 3.07. The van der Waals surface area contributed by atoms with Gasteiger partial charge in [0, 0.05) is 6.07 Å². The van der Waals surface area contributed by atoms with Crippen molar-refractivity contribution >= 4 is 28.0 Å². The summed E-state index contributed by atoms with van der Waals surface area (Å²) in [5.41, 5.74) is 0.201. The monoisotopic (exact) mass is 366 g/mol. The highest BCUT2D eigenvalue weighted by Crippen LogP contribution is 2.15. The zero-order chi connectivity index (χ0) is 18.8. The minimum absolute atomic E-state index is 0.252. The first kappa shape index (κ1) is 18.1. The fourth-order valence-electron chi connectivity index (χ4n) is 2.03. The molecule has 2 rings (SSSR count). The quantitative estimate of drug-likeness (QED) is 0.527. The molecule has 0 aliphatic carbocycles. The van der Waals surface area contributed by atoms with Gasteiger partial charge in [0.2, 0.25) is 0 Å². The van der Waals surface area contributed by atoms with E-state index in [1.54, 1.807) is 11.6 Å². The first-order valence-electron chi connectivity index (χ1n) is 6.86. The van der Waals surface area contributed by atoms with Gasteiger partial charge >= 0.3 is 17.9 Å². The van der Waals surface area contributed by atoms with Crippen molar-refractivity contribution in [3.63, 3.8) is 0 Å². The van der Waals surface area contributed by atoms with E-state index >= 15 is 0 Å². The number of carboxylic acid groups (broad SMARTS) is 1. The van der Waals surface area contributed by atoms with Gasteiger partial charge < -0.3 is 10.3 Å². The third kappa shape index (κ3) is 4.01. The molecule has 0 saturated carbocycles. The molecule has 10 nitrogen and oxygen atoms in total. The van der Waals surface area contributed by atoms with Crippen LogP contribution >= 0.6 is 0 Å². The Balaban J connectivity index is 2.28. The lowest BCUT2D eigenvalue weighted by Crippen LogP contribution is -2.42. The van der Waals surface area contributed by atoms with Crippen LogP contribution in [-0.4, -0.2) is 30.5 Å². The Bertz CT molecular complexity index is 958. The topological polar surface area (TPSA) is 152 Å². The average Bonchev–Trinajstić information content (AvgIpc) is 2.51. The molecule has 132 valence electrons. The van der Waals surface area contributed by atoms with Gasteiger partial charge in [-0.05, 0) is 26.0 Å². The molecule has 0 atom stereocenters. The molecular formula is C14H14N4O6S. The number of nitrogens with zero attached hydrogens (tertiary/aromatic N) is 2. The van der Waals surface area contributed by atoms with E-state index in [-0.39, 0.29) is 5.69 Å².